The molecule has 1 amide bonds. The molecule has 1 spiro atoms. The number of benzene rings is 2. The second-order valence-corrected chi connectivity index (χ2v) is 9.93. The lowest BCUT2D eigenvalue weighted by atomic mass is 9.82. The van der Waals surface area contributed by atoms with Gasteiger partial charge in [0.2, 0.25) is 5.91 Å². The molecule has 2 aromatic rings. The molecular formula is C27H32F3N3O. The number of hydrogen-bond acceptors (Lipinski definition) is 3. The Hall–Kier alpha value is -2.54. The lowest BCUT2D eigenvalue weighted by Gasteiger charge is -2.46. The molecule has 0 bridgehead atoms. The fourth-order valence-corrected chi connectivity index (χ4v) is 6.09. The van der Waals surface area contributed by atoms with Gasteiger partial charge >= 0.3 is 6.18 Å². The molecule has 5 rings (SSSR count). The standard InChI is InChI=1S/C27H32F3N3O/c28-27(29,30)13-6-16-32-20-33(23-9-2-1-3-10-23)26(25(32)34)14-17-31(18-15-26)24-12-11-21-7-4-5-8-22(21)19-24/h1-5,7-10,24H,6,11-20H2/t24-/m1/s1. The second kappa shape index (κ2) is 9.25. The summed E-state index contributed by atoms with van der Waals surface area (Å²) in [6.07, 6.45) is -0.433. The van der Waals surface area contributed by atoms with Crippen molar-refractivity contribution >= 4 is 11.6 Å². The summed E-state index contributed by atoms with van der Waals surface area (Å²) >= 11 is 0. The number of nitrogens with zero attached hydrogens (tertiary/aromatic N) is 3. The molecule has 2 aliphatic heterocycles. The van der Waals surface area contributed by atoms with Gasteiger partial charge < -0.3 is 9.80 Å². The van der Waals surface area contributed by atoms with Crippen molar-refractivity contribution in [3.05, 3.63) is 65.7 Å². The predicted molar refractivity (Wildman–Crippen MR) is 127 cm³/mol. The summed E-state index contributed by atoms with van der Waals surface area (Å²) in [6, 6.07) is 19.0. The van der Waals surface area contributed by atoms with E-state index in [-0.39, 0.29) is 18.9 Å². The maximum atomic E-state index is 13.7. The monoisotopic (exact) mass is 471 g/mol. The van der Waals surface area contributed by atoms with Crippen molar-refractivity contribution in [3.63, 3.8) is 0 Å². The Morgan fingerprint density at radius 3 is 2.32 bits per heavy atom. The van der Waals surface area contributed by atoms with Crippen LogP contribution in [0, 0.1) is 0 Å². The Labute approximate surface area is 199 Å². The zero-order valence-corrected chi connectivity index (χ0v) is 19.4. The number of para-hydroxylation sites is 1. The van der Waals surface area contributed by atoms with Gasteiger partial charge in [-0.1, -0.05) is 42.5 Å². The van der Waals surface area contributed by atoms with Crippen LogP contribution in [0.25, 0.3) is 0 Å². The number of anilines is 1. The van der Waals surface area contributed by atoms with Crippen LogP contribution >= 0.6 is 0 Å². The Morgan fingerprint density at radius 2 is 1.62 bits per heavy atom. The van der Waals surface area contributed by atoms with Crippen molar-refractivity contribution in [1.29, 1.82) is 0 Å². The summed E-state index contributed by atoms with van der Waals surface area (Å²) < 4.78 is 38.1. The molecule has 0 radical (unpaired) electrons. The van der Waals surface area contributed by atoms with E-state index in [1.54, 1.807) is 4.90 Å². The Kier molecular flexibility index (Phi) is 6.32. The molecule has 1 atom stereocenters. The molecule has 0 aromatic heterocycles. The molecule has 2 heterocycles. The van der Waals surface area contributed by atoms with Gasteiger partial charge in [-0.2, -0.15) is 13.2 Å². The van der Waals surface area contributed by atoms with E-state index in [0.29, 0.717) is 25.6 Å². The van der Waals surface area contributed by atoms with Gasteiger partial charge in [-0.15, -0.1) is 0 Å². The van der Waals surface area contributed by atoms with Crippen LogP contribution < -0.4 is 4.90 Å². The fourth-order valence-electron chi connectivity index (χ4n) is 6.09. The molecule has 0 unspecified atom stereocenters. The van der Waals surface area contributed by atoms with Crippen LogP contribution in [0.2, 0.25) is 0 Å². The maximum Gasteiger partial charge on any atom is 0.389 e. The minimum atomic E-state index is -4.19. The number of hydrogen-bond donors (Lipinski definition) is 0. The first kappa shape index (κ1) is 23.2. The van der Waals surface area contributed by atoms with Gasteiger partial charge in [-0.3, -0.25) is 9.69 Å². The molecular weight excluding hydrogens is 439 g/mol. The van der Waals surface area contributed by atoms with Gasteiger partial charge in [0.1, 0.15) is 5.54 Å². The Balaban J connectivity index is 1.30. The highest BCUT2D eigenvalue weighted by molar-refractivity contribution is 5.93. The van der Waals surface area contributed by atoms with E-state index >= 15 is 0 Å². The van der Waals surface area contributed by atoms with Crippen molar-refractivity contribution < 1.29 is 18.0 Å². The number of likely N-dealkylation sites (tertiary alicyclic amines) is 1. The largest absolute Gasteiger partial charge is 0.389 e. The van der Waals surface area contributed by atoms with Crippen LogP contribution in [0.5, 0.6) is 0 Å². The van der Waals surface area contributed by atoms with E-state index in [1.165, 1.54) is 11.1 Å². The van der Waals surface area contributed by atoms with E-state index in [9.17, 15) is 18.0 Å². The van der Waals surface area contributed by atoms with Gasteiger partial charge in [0.15, 0.2) is 0 Å². The van der Waals surface area contributed by atoms with E-state index < -0.39 is 18.1 Å². The van der Waals surface area contributed by atoms with E-state index in [4.69, 9.17) is 0 Å². The summed E-state index contributed by atoms with van der Waals surface area (Å²) in [7, 11) is 0. The van der Waals surface area contributed by atoms with Crippen LogP contribution in [0.1, 0.15) is 43.2 Å². The number of halogens is 3. The molecule has 2 aromatic carbocycles. The summed E-state index contributed by atoms with van der Waals surface area (Å²) in [5.74, 6) is -0.00725. The first-order valence-electron chi connectivity index (χ1n) is 12.4. The molecule has 3 aliphatic rings. The molecule has 7 heteroatoms. The highest BCUT2D eigenvalue weighted by Gasteiger charge is 2.54. The molecule has 4 nitrogen and oxygen atoms in total. The molecule has 2 saturated heterocycles. The SMILES string of the molecule is O=C1N(CCCC(F)(F)F)CN(c2ccccc2)C12CCN([C@@H]1CCc3ccccc3C1)CC2. The van der Waals surface area contributed by atoms with E-state index in [0.717, 1.165) is 38.0 Å². The highest BCUT2D eigenvalue weighted by Crippen LogP contribution is 2.41. The fraction of sp³-hybridized carbons (Fsp3) is 0.519. The molecule has 34 heavy (non-hydrogen) atoms. The molecule has 182 valence electrons. The van der Waals surface area contributed by atoms with Gasteiger partial charge in [0.05, 0.1) is 6.67 Å². The Bertz CT molecular complexity index is 1000. The van der Waals surface area contributed by atoms with Crippen molar-refractivity contribution in [2.45, 2.75) is 62.7 Å². The molecule has 1 aliphatic carbocycles. The smallest absolute Gasteiger partial charge is 0.339 e. The minimum absolute atomic E-state index is 0.00725. The number of fused-ring (bicyclic) bond motifs is 1. The number of carbonyl (C=O) groups excluding carboxylic acids is 1. The summed E-state index contributed by atoms with van der Waals surface area (Å²) in [5.41, 5.74) is 3.18. The van der Waals surface area contributed by atoms with E-state index in [1.807, 2.05) is 30.3 Å². The van der Waals surface area contributed by atoms with Crippen LogP contribution in [-0.2, 0) is 17.6 Å². The number of alkyl halides is 3. The van der Waals surface area contributed by atoms with Crippen LogP contribution in [0.15, 0.2) is 54.6 Å². The number of amides is 1. The Morgan fingerprint density at radius 1 is 0.941 bits per heavy atom. The lowest BCUT2D eigenvalue weighted by Crippen LogP contribution is -2.58. The third-order valence-corrected chi connectivity index (χ3v) is 7.93. The zero-order valence-electron chi connectivity index (χ0n) is 19.4. The van der Waals surface area contributed by atoms with Gasteiger partial charge in [0.25, 0.3) is 0 Å². The van der Waals surface area contributed by atoms with Crippen LogP contribution in [0.4, 0.5) is 18.9 Å². The van der Waals surface area contributed by atoms with Crippen molar-refractivity contribution in [2.75, 3.05) is 31.2 Å². The van der Waals surface area contributed by atoms with Crippen LogP contribution in [-0.4, -0.2) is 59.8 Å². The third kappa shape index (κ3) is 4.54. The predicted octanol–water partition coefficient (Wildman–Crippen LogP) is 5.03. The van der Waals surface area contributed by atoms with E-state index in [2.05, 4.69) is 34.1 Å². The summed E-state index contributed by atoms with van der Waals surface area (Å²) in [6.45, 7) is 2.17. The summed E-state index contributed by atoms with van der Waals surface area (Å²) in [4.78, 5) is 20.0. The minimum Gasteiger partial charge on any atom is -0.339 e. The van der Waals surface area contributed by atoms with Crippen molar-refractivity contribution in [2.24, 2.45) is 0 Å². The first-order chi connectivity index (χ1) is 16.4. The topological polar surface area (TPSA) is 26.8 Å². The quantitative estimate of drug-likeness (QED) is 0.612. The number of piperidine rings is 1. The lowest BCUT2D eigenvalue weighted by molar-refractivity contribution is -0.140. The van der Waals surface area contributed by atoms with Gasteiger partial charge in [-0.25, -0.2) is 0 Å². The first-order valence-corrected chi connectivity index (χ1v) is 12.4. The van der Waals surface area contributed by atoms with Gasteiger partial charge in [0, 0.05) is 37.8 Å². The average molecular weight is 472 g/mol. The molecule has 0 saturated carbocycles. The molecule has 0 N–H and O–H groups in total. The van der Waals surface area contributed by atoms with Crippen molar-refractivity contribution in [3.8, 4) is 0 Å². The van der Waals surface area contributed by atoms with Gasteiger partial charge in [-0.05, 0) is 61.8 Å². The zero-order chi connectivity index (χ0) is 23.8. The van der Waals surface area contributed by atoms with Crippen LogP contribution in [0.3, 0.4) is 0 Å². The number of aryl methyl sites for hydroxylation is 1. The second-order valence-electron chi connectivity index (χ2n) is 9.93. The number of rotatable bonds is 5. The maximum absolute atomic E-state index is 13.7. The normalized spacial score (nSPS) is 22.9. The highest BCUT2D eigenvalue weighted by atomic mass is 19.4. The third-order valence-electron chi connectivity index (χ3n) is 7.93. The summed E-state index contributed by atoms with van der Waals surface area (Å²) in [5, 5.41) is 0. The molecule has 2 fully saturated rings. The van der Waals surface area contributed by atoms with Crippen molar-refractivity contribution in [1.82, 2.24) is 9.80 Å². The number of carbonyl (C=O) groups is 1. The average Bonchev–Trinajstić information content (AvgIpc) is 3.10.